The molecular weight excluding hydrogens is 1170 g/mol. The summed E-state index contributed by atoms with van der Waals surface area (Å²) < 4.78 is 40.0. The number of amides is 2. The Labute approximate surface area is 565 Å². The number of likely N-dealkylation sites (tertiary alicyclic amines) is 1. The number of methoxy groups -OCH3 is 2. The number of rotatable bonds is 20. The first-order valence-corrected chi connectivity index (χ1v) is 29.8. The van der Waals surface area contributed by atoms with Crippen molar-refractivity contribution in [2.24, 2.45) is 11.8 Å². The molecule has 0 aliphatic carbocycles. The van der Waals surface area contributed by atoms with E-state index in [2.05, 4.69) is 37.1 Å². The number of nitrogens with one attached hydrogen (secondary N) is 1. The van der Waals surface area contributed by atoms with Gasteiger partial charge in [0.1, 0.15) is 21.2 Å². The summed E-state index contributed by atoms with van der Waals surface area (Å²) in [7, 11) is 7.10. The van der Waals surface area contributed by atoms with Crippen molar-refractivity contribution < 1.29 is 160 Å². The second-order valence-electron chi connectivity index (χ2n) is 18.5. The minimum Gasteiger partial charge on any atom is -1.00 e. The van der Waals surface area contributed by atoms with Crippen LogP contribution < -0.4 is 133 Å². The number of fused-ring (bicyclic) bond motifs is 2. The summed E-state index contributed by atoms with van der Waals surface area (Å²) >= 11 is 5.94. The second-order valence-corrected chi connectivity index (χ2v) is 24.3. The van der Waals surface area contributed by atoms with E-state index >= 15 is 0 Å². The number of benzene rings is 2. The Morgan fingerprint density at radius 3 is 1.47 bits per heavy atom. The zero-order chi connectivity index (χ0) is 56.2. The van der Waals surface area contributed by atoms with Crippen molar-refractivity contribution in [2.75, 3.05) is 111 Å². The van der Waals surface area contributed by atoms with Crippen molar-refractivity contribution in [3.63, 3.8) is 0 Å². The number of ketones is 2. The van der Waals surface area contributed by atoms with Gasteiger partial charge in [0.25, 0.3) is 16.6 Å². The fourth-order valence-corrected chi connectivity index (χ4v) is 12.9. The predicted octanol–water partition coefficient (Wildman–Crippen LogP) is 0.557. The van der Waals surface area contributed by atoms with Crippen LogP contribution in [0.25, 0.3) is 19.1 Å². The third-order valence-corrected chi connectivity index (χ3v) is 17.6. The maximum atomic E-state index is 12.3. The Kier molecular flexibility index (Phi) is 32.0. The van der Waals surface area contributed by atoms with Gasteiger partial charge in [-0.05, 0) is 113 Å². The van der Waals surface area contributed by atoms with Crippen molar-refractivity contribution in [1.82, 2.24) is 30.0 Å². The number of Topliss-reactive ketones (excluding diaryl/α,β-unsaturated/α-hetero) is 2. The fraction of sp³-hybridized carbons (Fsp3) is 0.481. The molecule has 79 heavy (non-hydrogen) atoms. The van der Waals surface area contributed by atoms with Crippen LogP contribution in [-0.2, 0) is 46.7 Å². The molecule has 8 rings (SSSR count). The number of aromatic nitrogens is 2. The van der Waals surface area contributed by atoms with Gasteiger partial charge >= 0.3 is 103 Å². The van der Waals surface area contributed by atoms with Crippen molar-refractivity contribution in [3.05, 3.63) is 81.5 Å². The molecular formula is C52H70K2N8O12S5. The van der Waals surface area contributed by atoms with Crippen LogP contribution in [0.15, 0.2) is 60.7 Å². The van der Waals surface area contributed by atoms with Crippen molar-refractivity contribution >= 4 is 115 Å². The Hall–Kier alpha value is -2.37. The smallest absolute Gasteiger partial charge is 1.00 e. The van der Waals surface area contributed by atoms with E-state index in [4.69, 9.17) is 28.7 Å². The second kappa shape index (κ2) is 35.7. The molecule has 20 nitrogen and oxygen atoms in total. The quantitative estimate of drug-likeness (QED) is 0.0275. The summed E-state index contributed by atoms with van der Waals surface area (Å²) in [5.41, 5.74) is 2.22. The summed E-state index contributed by atoms with van der Waals surface area (Å²) in [6, 6.07) is 19.6. The van der Waals surface area contributed by atoms with E-state index in [1.165, 1.54) is 46.5 Å². The topological polar surface area (TPSA) is 233 Å². The molecule has 0 unspecified atom stereocenters. The number of hydrogen-bond donors (Lipinski definition) is 1. The Morgan fingerprint density at radius 2 is 1.11 bits per heavy atom. The number of thiophene rings is 2. The largest absolute Gasteiger partial charge is 1.00 e. The molecule has 2 aliphatic rings. The maximum absolute atomic E-state index is 12.3. The van der Waals surface area contributed by atoms with E-state index < -0.39 is 10.1 Å². The number of nitrogens with zero attached hydrogens (tertiary/aromatic N) is 7. The monoisotopic (exact) mass is 1240 g/mol. The zero-order valence-electron chi connectivity index (χ0n) is 48.0. The first-order valence-electron chi connectivity index (χ1n) is 24.7. The summed E-state index contributed by atoms with van der Waals surface area (Å²) in [4.78, 5) is 81.1. The van der Waals surface area contributed by atoms with Gasteiger partial charge in [-0.15, -0.1) is 22.7 Å². The van der Waals surface area contributed by atoms with Crippen molar-refractivity contribution in [1.29, 1.82) is 0 Å². The van der Waals surface area contributed by atoms with Gasteiger partial charge in [0.2, 0.25) is 11.8 Å². The summed E-state index contributed by atoms with van der Waals surface area (Å²) in [6.07, 6.45) is 4.85. The van der Waals surface area contributed by atoms with Crippen LogP contribution in [0.3, 0.4) is 0 Å². The van der Waals surface area contributed by atoms with Gasteiger partial charge in [0, 0.05) is 72.8 Å². The Morgan fingerprint density at radius 1 is 0.709 bits per heavy atom. The van der Waals surface area contributed by atoms with Gasteiger partial charge in [-0.25, -0.2) is 9.97 Å². The van der Waals surface area contributed by atoms with E-state index in [1.807, 2.05) is 81.6 Å². The number of hydrogen-bond acceptors (Lipinski definition) is 22. The molecule has 2 amide bonds. The molecule has 422 valence electrons. The number of anilines is 2. The van der Waals surface area contributed by atoms with Gasteiger partial charge in [0.15, 0.2) is 21.8 Å². The average molecular weight is 1240 g/mol. The van der Waals surface area contributed by atoms with Gasteiger partial charge in [-0.2, -0.15) is 8.42 Å². The molecule has 0 bridgehead atoms. The van der Waals surface area contributed by atoms with E-state index in [9.17, 15) is 27.6 Å². The van der Waals surface area contributed by atoms with Crippen LogP contribution in [0.1, 0.15) is 71.4 Å². The number of piperidine rings is 2. The molecule has 27 heteroatoms. The average Bonchev–Trinajstić information content (AvgIpc) is 4.22. The van der Waals surface area contributed by atoms with Gasteiger partial charge < -0.3 is 50.9 Å². The van der Waals surface area contributed by atoms with Crippen molar-refractivity contribution in [2.45, 2.75) is 52.6 Å². The third-order valence-electron chi connectivity index (χ3n) is 12.3. The third kappa shape index (κ3) is 23.3. The fourth-order valence-electron chi connectivity index (χ4n) is 8.22. The Balaban J connectivity index is 0.000000427. The summed E-state index contributed by atoms with van der Waals surface area (Å²) in [6.45, 7) is 10.3. The van der Waals surface area contributed by atoms with E-state index in [1.54, 1.807) is 42.3 Å². The van der Waals surface area contributed by atoms with Crippen LogP contribution in [0, 0.1) is 11.8 Å². The van der Waals surface area contributed by atoms with Crippen molar-refractivity contribution in [3.8, 4) is 11.5 Å². The molecule has 6 heterocycles. The molecule has 0 spiro atoms. The molecule has 0 atom stereocenters. The number of carbonyl (C=O) groups is 5. The first kappa shape index (κ1) is 70.9. The van der Waals surface area contributed by atoms with Crippen LogP contribution >= 0.6 is 45.3 Å². The number of ether oxygens (including phenoxy) is 2. The molecule has 2 fully saturated rings. The molecule has 6 aromatic rings. The first-order chi connectivity index (χ1) is 36.7. The standard InChI is InChI=1S/C25H32N4O3S2.C18H20N2O5S3.C8H16N2O.CH2O3.2K.H/c1-17(30)21-15-22-23(33-21)26-25(34-22)29(16-18-5-7-20(32-4)8-6-18)14-13-28-11-9-19(10-12-28)24(31)27(2)3;1-12(21)15-10-16-17(26-15)19-18(27-16)20(8-9-25-28(3,22)23)11-13-4-6-14(24-2)7-5-13;1-10(2)8(11)7-3-5-9-6-4-7;2-1-4-3;;;/h5-8,15,19H,9-14,16H2,1-4H3;4-7,10H,8-9,11H2,1-3H3;7,9H,3-6H2,1-2H3;1,3H;;;/q;;;;2*+1;-1/p-1. The molecule has 4 aromatic heterocycles. The van der Waals surface area contributed by atoms with Gasteiger partial charge in [-0.1, -0.05) is 46.9 Å². The zero-order valence-corrected chi connectivity index (χ0v) is 57.3. The van der Waals surface area contributed by atoms with E-state index in [0.29, 0.717) is 18.0 Å². The molecule has 0 radical (unpaired) electrons. The predicted molar refractivity (Wildman–Crippen MR) is 304 cm³/mol. The molecule has 2 aliphatic heterocycles. The SMILES string of the molecule is CN(C)C(=O)C1CCNCC1.COc1ccc(CN(CCN2CCC(C(=O)N(C)C)CC2)c2nc3sc(C(C)=O)cc3s2)cc1.COc1ccc(CN(CCOS(C)(=O)=O)c2nc3sc(C(C)=O)cc3s2)cc1.O=CO[O-].[H-].[K+].[K+]. The summed E-state index contributed by atoms with van der Waals surface area (Å²) in [5, 5.41) is 13.4. The normalized spacial score (nSPS) is 13.6. The maximum Gasteiger partial charge on any atom is 1.00 e. The van der Waals surface area contributed by atoms with E-state index in [0.717, 1.165) is 129 Å². The summed E-state index contributed by atoms with van der Waals surface area (Å²) in [5.74, 6) is 2.66. The van der Waals surface area contributed by atoms with Crippen LogP contribution in [0.4, 0.5) is 10.3 Å². The number of thiazole rings is 2. The van der Waals surface area contributed by atoms with E-state index in [-0.39, 0.29) is 152 Å². The van der Waals surface area contributed by atoms with Crippen LogP contribution in [-0.4, -0.2) is 164 Å². The number of carbonyl (C=O) groups excluding carboxylic acids is 5. The minimum absolute atomic E-state index is 0. The molecule has 0 saturated carbocycles. The molecule has 1 N–H and O–H groups in total. The van der Waals surface area contributed by atoms with Crippen LogP contribution in [0.5, 0.6) is 11.5 Å². The minimum atomic E-state index is -3.51. The Bertz CT molecular complexity index is 2900. The van der Waals surface area contributed by atoms with Crippen LogP contribution in [0.2, 0.25) is 0 Å². The molecule has 2 saturated heterocycles. The van der Waals surface area contributed by atoms with Gasteiger partial charge in [0.05, 0.1) is 46.2 Å². The van der Waals surface area contributed by atoms with Gasteiger partial charge in [-0.3, -0.25) is 28.2 Å². The molecule has 2 aromatic carbocycles.